The maximum absolute atomic E-state index is 12.4. The Morgan fingerprint density at radius 2 is 1.83 bits per heavy atom. The maximum Gasteiger partial charge on any atom is 0.251 e. The summed E-state index contributed by atoms with van der Waals surface area (Å²) in [5.74, 6) is -0.0388. The van der Waals surface area contributed by atoms with Crippen molar-refractivity contribution < 1.29 is 4.79 Å². The molecule has 3 rings (SSSR count). The molecule has 0 saturated carbocycles. The second kappa shape index (κ2) is 8.65. The molecule has 2 aromatic rings. The fourth-order valence-electron chi connectivity index (χ4n) is 3.19. The molecule has 0 aliphatic carbocycles. The van der Waals surface area contributed by atoms with Crippen LogP contribution in [0.5, 0.6) is 0 Å². The van der Waals surface area contributed by atoms with E-state index in [1.807, 2.05) is 0 Å². The van der Waals surface area contributed by atoms with Crippen LogP contribution in [0.4, 0.5) is 0 Å². The van der Waals surface area contributed by atoms with Gasteiger partial charge in [0.15, 0.2) is 0 Å². The highest BCUT2D eigenvalue weighted by atomic mass is 35.5. The molecule has 0 unspecified atom stereocenters. The lowest BCUT2D eigenvalue weighted by atomic mass is 10.1. The zero-order chi connectivity index (χ0) is 16.8. The van der Waals surface area contributed by atoms with Crippen molar-refractivity contribution in [2.75, 3.05) is 19.6 Å². The zero-order valence-electron chi connectivity index (χ0n) is 13.7. The minimum atomic E-state index is -0.0388. The third-order valence-electron chi connectivity index (χ3n) is 4.52. The van der Waals surface area contributed by atoms with E-state index in [0.717, 1.165) is 13.1 Å². The first-order chi connectivity index (χ1) is 11.7. The van der Waals surface area contributed by atoms with E-state index >= 15 is 0 Å². The topological polar surface area (TPSA) is 32.3 Å². The van der Waals surface area contributed by atoms with Crippen molar-refractivity contribution in [2.24, 2.45) is 0 Å². The summed E-state index contributed by atoms with van der Waals surface area (Å²) >= 11 is 7.66. The van der Waals surface area contributed by atoms with Crippen LogP contribution in [0.25, 0.3) is 0 Å². The van der Waals surface area contributed by atoms with Crippen molar-refractivity contribution in [3.8, 4) is 0 Å². The first kappa shape index (κ1) is 17.5. The van der Waals surface area contributed by atoms with Gasteiger partial charge >= 0.3 is 0 Å². The van der Waals surface area contributed by atoms with Gasteiger partial charge in [-0.2, -0.15) is 0 Å². The van der Waals surface area contributed by atoms with E-state index in [1.165, 1.54) is 30.6 Å². The molecule has 1 fully saturated rings. The summed E-state index contributed by atoms with van der Waals surface area (Å²) in [5, 5.41) is 5.87. The lowest BCUT2D eigenvalue weighted by Crippen LogP contribution is -2.38. The first-order valence-corrected chi connectivity index (χ1v) is 9.81. The lowest BCUT2D eigenvalue weighted by Gasteiger charge is -2.30. The van der Waals surface area contributed by atoms with Crippen molar-refractivity contribution in [2.45, 2.75) is 31.7 Å². The van der Waals surface area contributed by atoms with E-state index in [-0.39, 0.29) is 11.9 Å². The van der Waals surface area contributed by atoms with E-state index < -0.39 is 0 Å². The summed E-state index contributed by atoms with van der Waals surface area (Å²) in [4.78, 5) is 16.3. The Morgan fingerprint density at radius 1 is 1.12 bits per heavy atom. The van der Waals surface area contributed by atoms with Gasteiger partial charge in [0, 0.05) is 22.0 Å². The Hall–Kier alpha value is -1.36. The van der Waals surface area contributed by atoms with Gasteiger partial charge in [0.2, 0.25) is 0 Å². The summed E-state index contributed by atoms with van der Waals surface area (Å²) in [6, 6.07) is 11.6. The van der Waals surface area contributed by atoms with Crippen LogP contribution in [0.1, 0.15) is 47.0 Å². The minimum Gasteiger partial charge on any atom is -0.350 e. The number of nitrogens with one attached hydrogen (secondary N) is 1. The Kier molecular flexibility index (Phi) is 6.30. The standard InChI is InChI=1S/C19H23ClN2OS/c20-16-9-7-15(8-10-16)19(23)21-14-17(18-6-5-13-24-18)22-11-3-1-2-4-12-22/h5-10,13,17H,1-4,11-12,14H2,(H,21,23)/t17-/m0/s1. The molecule has 1 N–H and O–H groups in total. The van der Waals surface area contributed by atoms with Gasteiger partial charge in [-0.05, 0) is 61.6 Å². The molecule has 0 bridgehead atoms. The third kappa shape index (κ3) is 4.59. The molecule has 2 heterocycles. The number of thiophene rings is 1. The van der Waals surface area contributed by atoms with Gasteiger partial charge in [-0.25, -0.2) is 0 Å². The number of carbonyl (C=O) groups is 1. The molecule has 1 atom stereocenters. The number of hydrogen-bond donors (Lipinski definition) is 1. The van der Waals surface area contributed by atoms with Crippen LogP contribution >= 0.6 is 22.9 Å². The van der Waals surface area contributed by atoms with Gasteiger partial charge in [-0.15, -0.1) is 11.3 Å². The molecule has 0 spiro atoms. The summed E-state index contributed by atoms with van der Waals surface area (Å²) in [6.45, 7) is 2.86. The van der Waals surface area contributed by atoms with Crippen molar-refractivity contribution in [1.29, 1.82) is 0 Å². The van der Waals surface area contributed by atoms with E-state index in [4.69, 9.17) is 11.6 Å². The summed E-state index contributed by atoms with van der Waals surface area (Å²) < 4.78 is 0. The van der Waals surface area contributed by atoms with Crippen LogP contribution in [0.3, 0.4) is 0 Å². The van der Waals surface area contributed by atoms with Crippen molar-refractivity contribution in [1.82, 2.24) is 10.2 Å². The number of benzene rings is 1. The largest absolute Gasteiger partial charge is 0.350 e. The molecular formula is C19H23ClN2OS. The summed E-state index contributed by atoms with van der Waals surface area (Å²) in [6.07, 6.45) is 5.11. The Balaban J connectivity index is 1.67. The molecule has 128 valence electrons. The van der Waals surface area contributed by atoms with Crippen LogP contribution in [-0.2, 0) is 0 Å². The predicted molar refractivity (Wildman–Crippen MR) is 101 cm³/mol. The first-order valence-electron chi connectivity index (χ1n) is 8.55. The van der Waals surface area contributed by atoms with E-state index in [0.29, 0.717) is 17.1 Å². The quantitative estimate of drug-likeness (QED) is 0.832. The fraction of sp³-hybridized carbons (Fsp3) is 0.421. The highest BCUT2D eigenvalue weighted by Gasteiger charge is 2.23. The van der Waals surface area contributed by atoms with Gasteiger partial charge in [0.1, 0.15) is 0 Å². The van der Waals surface area contributed by atoms with Crippen molar-refractivity contribution >= 4 is 28.8 Å². The summed E-state index contributed by atoms with van der Waals surface area (Å²) in [7, 11) is 0. The number of nitrogens with zero attached hydrogens (tertiary/aromatic N) is 1. The number of hydrogen-bond acceptors (Lipinski definition) is 3. The molecule has 0 radical (unpaired) electrons. The Labute approximate surface area is 152 Å². The smallest absolute Gasteiger partial charge is 0.251 e. The average molecular weight is 363 g/mol. The molecule has 1 aliphatic heterocycles. The average Bonchev–Trinajstić information content (AvgIpc) is 2.98. The number of rotatable bonds is 5. The number of amides is 1. The highest BCUT2D eigenvalue weighted by molar-refractivity contribution is 7.10. The van der Waals surface area contributed by atoms with E-state index in [9.17, 15) is 4.79 Å². The molecule has 1 aromatic carbocycles. The molecule has 5 heteroatoms. The number of likely N-dealkylation sites (tertiary alicyclic amines) is 1. The van der Waals surface area contributed by atoms with Crippen LogP contribution in [0.15, 0.2) is 41.8 Å². The highest BCUT2D eigenvalue weighted by Crippen LogP contribution is 2.27. The molecular weight excluding hydrogens is 340 g/mol. The molecule has 1 aromatic heterocycles. The zero-order valence-corrected chi connectivity index (χ0v) is 15.3. The Morgan fingerprint density at radius 3 is 2.46 bits per heavy atom. The van der Waals surface area contributed by atoms with Crippen LogP contribution in [0.2, 0.25) is 5.02 Å². The Bertz CT molecular complexity index is 634. The summed E-state index contributed by atoms with van der Waals surface area (Å²) in [5.41, 5.74) is 0.653. The fourth-order valence-corrected chi connectivity index (χ4v) is 4.18. The number of carbonyl (C=O) groups excluding carboxylic acids is 1. The van der Waals surface area contributed by atoms with Gasteiger partial charge in [0.25, 0.3) is 5.91 Å². The lowest BCUT2D eigenvalue weighted by molar-refractivity contribution is 0.0934. The SMILES string of the molecule is O=C(NC[C@@H](c1cccs1)N1CCCCCC1)c1ccc(Cl)cc1. The third-order valence-corrected chi connectivity index (χ3v) is 5.74. The predicted octanol–water partition coefficient (Wildman–Crippen LogP) is 4.75. The van der Waals surface area contributed by atoms with E-state index in [1.54, 1.807) is 35.6 Å². The molecule has 1 amide bonds. The normalized spacial score (nSPS) is 17.2. The number of halogens is 1. The van der Waals surface area contributed by atoms with Gasteiger partial charge in [-0.1, -0.05) is 30.5 Å². The second-order valence-corrected chi connectivity index (χ2v) is 7.61. The van der Waals surface area contributed by atoms with Crippen molar-refractivity contribution in [3.63, 3.8) is 0 Å². The van der Waals surface area contributed by atoms with Gasteiger partial charge < -0.3 is 5.32 Å². The van der Waals surface area contributed by atoms with Crippen LogP contribution < -0.4 is 5.32 Å². The molecule has 24 heavy (non-hydrogen) atoms. The van der Waals surface area contributed by atoms with E-state index in [2.05, 4.69) is 27.7 Å². The molecule has 1 saturated heterocycles. The monoisotopic (exact) mass is 362 g/mol. The second-order valence-electron chi connectivity index (χ2n) is 6.20. The molecule has 3 nitrogen and oxygen atoms in total. The van der Waals surface area contributed by atoms with Crippen LogP contribution in [-0.4, -0.2) is 30.4 Å². The maximum atomic E-state index is 12.4. The van der Waals surface area contributed by atoms with Crippen molar-refractivity contribution in [3.05, 3.63) is 57.2 Å². The molecule has 1 aliphatic rings. The minimum absolute atomic E-state index is 0.0388. The van der Waals surface area contributed by atoms with Crippen LogP contribution in [0, 0.1) is 0 Å². The van der Waals surface area contributed by atoms with Gasteiger partial charge in [0.05, 0.1) is 6.04 Å². The van der Waals surface area contributed by atoms with Gasteiger partial charge in [-0.3, -0.25) is 9.69 Å².